The fourth-order valence-electron chi connectivity index (χ4n) is 2.37. The van der Waals surface area contributed by atoms with Crippen molar-refractivity contribution in [2.24, 2.45) is 0 Å². The molecule has 1 amide bonds. The van der Waals surface area contributed by atoms with E-state index in [9.17, 15) is 4.79 Å². The van der Waals surface area contributed by atoms with Gasteiger partial charge in [0.2, 0.25) is 5.91 Å². The Bertz CT molecular complexity index is 503. The Morgan fingerprint density at radius 3 is 3.05 bits per heavy atom. The number of nitrogens with one attached hydrogen (secondary N) is 1. The molecular formula is C15H20N2O2S. The van der Waals surface area contributed by atoms with Gasteiger partial charge in [0.15, 0.2) is 0 Å². The van der Waals surface area contributed by atoms with E-state index < -0.39 is 0 Å². The highest BCUT2D eigenvalue weighted by atomic mass is 32.2. The van der Waals surface area contributed by atoms with Gasteiger partial charge < -0.3 is 15.0 Å². The molecule has 1 saturated carbocycles. The molecule has 0 atom stereocenters. The molecule has 1 aliphatic heterocycles. The minimum Gasteiger partial charge on any atom is -0.385 e. The van der Waals surface area contributed by atoms with Gasteiger partial charge in [0.25, 0.3) is 0 Å². The normalized spacial score (nSPS) is 18.1. The van der Waals surface area contributed by atoms with Gasteiger partial charge in [-0.2, -0.15) is 0 Å². The summed E-state index contributed by atoms with van der Waals surface area (Å²) in [5.74, 6) is 0.734. The summed E-state index contributed by atoms with van der Waals surface area (Å²) in [4.78, 5) is 15.2. The van der Waals surface area contributed by atoms with E-state index in [-0.39, 0.29) is 5.91 Å². The Hall–Kier alpha value is -1.20. The van der Waals surface area contributed by atoms with Crippen LogP contribution in [0.4, 0.5) is 11.4 Å². The standard InChI is InChI=1S/C15H20N2O2S/c1-19-8-2-7-17-13-9-12(16-11-3-4-11)5-6-14(13)20-10-15(17)18/h5-6,9,11,16H,2-4,7-8,10H2,1H3. The number of anilines is 2. The predicted octanol–water partition coefficient (Wildman–Crippen LogP) is 2.74. The second-order valence-electron chi connectivity index (χ2n) is 5.28. The number of nitrogens with zero attached hydrogens (tertiary/aromatic N) is 1. The lowest BCUT2D eigenvalue weighted by Crippen LogP contribution is -2.36. The maximum atomic E-state index is 12.1. The van der Waals surface area contributed by atoms with Gasteiger partial charge in [-0.05, 0) is 37.5 Å². The van der Waals surface area contributed by atoms with Crippen molar-refractivity contribution in [3.05, 3.63) is 18.2 Å². The van der Waals surface area contributed by atoms with Gasteiger partial charge in [0.05, 0.1) is 11.4 Å². The molecular weight excluding hydrogens is 272 g/mol. The molecule has 1 N–H and O–H groups in total. The zero-order chi connectivity index (χ0) is 13.9. The molecule has 0 saturated heterocycles. The van der Waals surface area contributed by atoms with Crippen LogP contribution in [0.15, 0.2) is 23.1 Å². The SMILES string of the molecule is COCCCN1C(=O)CSc2ccc(NC3CC3)cc21. The number of methoxy groups -OCH3 is 1. The second kappa shape index (κ2) is 6.06. The van der Waals surface area contributed by atoms with Gasteiger partial charge in [0, 0.05) is 36.9 Å². The molecule has 1 aromatic rings. The van der Waals surface area contributed by atoms with Crippen molar-refractivity contribution in [1.82, 2.24) is 0 Å². The molecule has 2 aliphatic rings. The molecule has 108 valence electrons. The third-order valence-corrected chi connectivity index (χ3v) is 4.63. The number of rotatable bonds is 6. The van der Waals surface area contributed by atoms with Crippen LogP contribution >= 0.6 is 11.8 Å². The van der Waals surface area contributed by atoms with Crippen molar-refractivity contribution in [2.45, 2.75) is 30.2 Å². The number of hydrogen-bond donors (Lipinski definition) is 1. The molecule has 0 radical (unpaired) electrons. The second-order valence-corrected chi connectivity index (χ2v) is 6.30. The van der Waals surface area contributed by atoms with Crippen molar-refractivity contribution in [3.63, 3.8) is 0 Å². The number of carbonyl (C=O) groups is 1. The quantitative estimate of drug-likeness (QED) is 0.819. The number of benzene rings is 1. The summed E-state index contributed by atoms with van der Waals surface area (Å²) in [5, 5.41) is 3.50. The van der Waals surface area contributed by atoms with Gasteiger partial charge in [0.1, 0.15) is 0 Å². The van der Waals surface area contributed by atoms with Gasteiger partial charge in [-0.3, -0.25) is 4.79 Å². The third-order valence-electron chi connectivity index (χ3n) is 3.58. The third kappa shape index (κ3) is 3.10. The maximum Gasteiger partial charge on any atom is 0.237 e. The zero-order valence-electron chi connectivity index (χ0n) is 11.7. The van der Waals surface area contributed by atoms with Crippen molar-refractivity contribution in [2.75, 3.05) is 36.2 Å². The maximum absolute atomic E-state index is 12.1. The number of fused-ring (bicyclic) bond motifs is 1. The lowest BCUT2D eigenvalue weighted by Gasteiger charge is -2.29. The van der Waals surface area contributed by atoms with Gasteiger partial charge in [-0.1, -0.05) is 0 Å². The Morgan fingerprint density at radius 2 is 2.30 bits per heavy atom. The zero-order valence-corrected chi connectivity index (χ0v) is 12.5. The van der Waals surface area contributed by atoms with Crippen LogP contribution in [0.2, 0.25) is 0 Å². The lowest BCUT2D eigenvalue weighted by atomic mass is 10.2. The van der Waals surface area contributed by atoms with Crippen LogP contribution in [-0.2, 0) is 9.53 Å². The van der Waals surface area contributed by atoms with Crippen LogP contribution in [0.3, 0.4) is 0 Å². The summed E-state index contributed by atoms with van der Waals surface area (Å²) in [5.41, 5.74) is 2.17. The molecule has 4 nitrogen and oxygen atoms in total. The predicted molar refractivity (Wildman–Crippen MR) is 82.7 cm³/mol. The molecule has 1 heterocycles. The fourth-order valence-corrected chi connectivity index (χ4v) is 3.28. The Labute approximate surface area is 123 Å². The molecule has 20 heavy (non-hydrogen) atoms. The van der Waals surface area contributed by atoms with Crippen LogP contribution in [0.1, 0.15) is 19.3 Å². The molecule has 3 rings (SSSR count). The summed E-state index contributed by atoms with van der Waals surface area (Å²) in [7, 11) is 1.69. The Morgan fingerprint density at radius 1 is 1.45 bits per heavy atom. The Balaban J connectivity index is 1.78. The highest BCUT2D eigenvalue weighted by Crippen LogP contribution is 2.38. The first-order valence-corrected chi connectivity index (χ1v) is 8.09. The molecule has 0 aromatic heterocycles. The van der Waals surface area contributed by atoms with E-state index in [1.807, 2.05) is 4.90 Å². The number of thioether (sulfide) groups is 1. The minimum atomic E-state index is 0.196. The van der Waals surface area contributed by atoms with Crippen molar-refractivity contribution in [3.8, 4) is 0 Å². The van der Waals surface area contributed by atoms with E-state index in [4.69, 9.17) is 4.74 Å². The van der Waals surface area contributed by atoms with Crippen LogP contribution in [0.25, 0.3) is 0 Å². The number of amides is 1. The highest BCUT2D eigenvalue weighted by molar-refractivity contribution is 8.00. The number of hydrogen-bond acceptors (Lipinski definition) is 4. The summed E-state index contributed by atoms with van der Waals surface area (Å²) >= 11 is 1.63. The summed E-state index contributed by atoms with van der Waals surface area (Å²) in [6.45, 7) is 1.42. The number of carbonyl (C=O) groups excluding carboxylic acids is 1. The number of ether oxygens (including phenoxy) is 1. The van der Waals surface area contributed by atoms with Gasteiger partial charge >= 0.3 is 0 Å². The molecule has 0 unspecified atom stereocenters. The summed E-state index contributed by atoms with van der Waals surface area (Å²) in [6, 6.07) is 6.99. The first-order chi connectivity index (χ1) is 9.78. The topological polar surface area (TPSA) is 41.6 Å². The minimum absolute atomic E-state index is 0.196. The lowest BCUT2D eigenvalue weighted by molar-refractivity contribution is -0.116. The van der Waals surface area contributed by atoms with E-state index in [0.717, 1.165) is 24.3 Å². The molecule has 0 spiro atoms. The van der Waals surface area contributed by atoms with Crippen molar-refractivity contribution in [1.29, 1.82) is 0 Å². The van der Waals surface area contributed by atoms with Crippen LogP contribution < -0.4 is 10.2 Å². The summed E-state index contributed by atoms with van der Waals surface area (Å²) in [6.07, 6.45) is 3.37. The van der Waals surface area contributed by atoms with Crippen LogP contribution in [0, 0.1) is 0 Å². The van der Waals surface area contributed by atoms with Crippen molar-refractivity contribution < 1.29 is 9.53 Å². The first-order valence-electron chi connectivity index (χ1n) is 7.10. The van der Waals surface area contributed by atoms with E-state index in [0.29, 0.717) is 18.4 Å². The van der Waals surface area contributed by atoms with Gasteiger partial charge in [-0.25, -0.2) is 0 Å². The molecule has 0 bridgehead atoms. The van der Waals surface area contributed by atoms with E-state index in [2.05, 4.69) is 23.5 Å². The molecule has 1 aromatic carbocycles. The average molecular weight is 292 g/mol. The summed E-state index contributed by atoms with van der Waals surface area (Å²) < 4.78 is 5.09. The van der Waals surface area contributed by atoms with Crippen molar-refractivity contribution >= 4 is 29.0 Å². The fraction of sp³-hybridized carbons (Fsp3) is 0.533. The van der Waals surface area contributed by atoms with Gasteiger partial charge in [-0.15, -0.1) is 11.8 Å². The molecule has 1 fully saturated rings. The molecule has 1 aliphatic carbocycles. The first kappa shape index (κ1) is 13.8. The van der Waals surface area contributed by atoms with Crippen LogP contribution in [0.5, 0.6) is 0 Å². The monoisotopic (exact) mass is 292 g/mol. The molecule has 5 heteroatoms. The van der Waals surface area contributed by atoms with E-state index in [1.54, 1.807) is 18.9 Å². The largest absolute Gasteiger partial charge is 0.385 e. The van der Waals surface area contributed by atoms with E-state index >= 15 is 0 Å². The highest BCUT2D eigenvalue weighted by Gasteiger charge is 2.26. The average Bonchev–Trinajstić information content (AvgIpc) is 3.25. The smallest absolute Gasteiger partial charge is 0.237 e. The van der Waals surface area contributed by atoms with Crippen LogP contribution in [-0.4, -0.2) is 38.0 Å². The Kier molecular flexibility index (Phi) is 4.17. The van der Waals surface area contributed by atoms with E-state index in [1.165, 1.54) is 17.7 Å².